The highest BCUT2D eigenvalue weighted by molar-refractivity contribution is 5.94. The molecule has 1 aromatic carbocycles. The zero-order chi connectivity index (χ0) is 15.4. The van der Waals surface area contributed by atoms with E-state index in [0.29, 0.717) is 25.2 Å². The number of carbonyl (C=O) groups excluding carboxylic acids is 1. The third kappa shape index (κ3) is 4.21. The molecule has 118 valence electrons. The van der Waals surface area contributed by atoms with Crippen LogP contribution in [0.2, 0.25) is 0 Å². The summed E-state index contributed by atoms with van der Waals surface area (Å²) < 4.78 is 5.38. The lowest BCUT2D eigenvalue weighted by atomic mass is 10.2. The summed E-state index contributed by atoms with van der Waals surface area (Å²) in [4.78, 5) is 16.3. The van der Waals surface area contributed by atoms with Crippen molar-refractivity contribution in [3.05, 3.63) is 29.8 Å². The number of guanidine groups is 1. The zero-order valence-corrected chi connectivity index (χ0v) is 12.5. The molecule has 1 aliphatic carbocycles. The van der Waals surface area contributed by atoms with Gasteiger partial charge in [0.1, 0.15) is 6.10 Å². The van der Waals surface area contributed by atoms with Crippen molar-refractivity contribution in [2.24, 2.45) is 10.7 Å². The van der Waals surface area contributed by atoms with E-state index in [1.165, 1.54) is 12.8 Å². The Balaban J connectivity index is 1.55. The summed E-state index contributed by atoms with van der Waals surface area (Å²) in [7, 11) is 0. The van der Waals surface area contributed by atoms with Gasteiger partial charge >= 0.3 is 0 Å². The van der Waals surface area contributed by atoms with E-state index < -0.39 is 0 Å². The highest BCUT2D eigenvalue weighted by Crippen LogP contribution is 2.18. The maximum atomic E-state index is 12.0. The van der Waals surface area contributed by atoms with Crippen LogP contribution in [0.5, 0.6) is 0 Å². The van der Waals surface area contributed by atoms with E-state index >= 15 is 0 Å². The van der Waals surface area contributed by atoms with Crippen LogP contribution in [0.4, 0.5) is 5.69 Å². The standard InChI is InChI=1S/C16H22N4O2/c17-16(20-12-6-7-12)18-10-11-3-1-4-13(9-11)19-15(21)14-5-2-8-22-14/h1,3-4,9,12,14H,2,5-8,10H2,(H,19,21)(H3,17,18,20). The van der Waals surface area contributed by atoms with Crippen molar-refractivity contribution in [3.8, 4) is 0 Å². The van der Waals surface area contributed by atoms with Gasteiger partial charge in [-0.25, -0.2) is 4.99 Å². The topological polar surface area (TPSA) is 88.7 Å². The molecule has 2 aliphatic rings. The first-order valence-corrected chi connectivity index (χ1v) is 7.78. The van der Waals surface area contributed by atoms with Crippen molar-refractivity contribution in [2.45, 2.75) is 44.4 Å². The van der Waals surface area contributed by atoms with Crippen molar-refractivity contribution in [1.82, 2.24) is 5.32 Å². The summed E-state index contributed by atoms with van der Waals surface area (Å²) in [6.45, 7) is 1.16. The van der Waals surface area contributed by atoms with Crippen LogP contribution in [0, 0.1) is 0 Å². The first kappa shape index (κ1) is 14.8. The minimum absolute atomic E-state index is 0.0759. The van der Waals surface area contributed by atoms with Crippen molar-refractivity contribution in [3.63, 3.8) is 0 Å². The maximum Gasteiger partial charge on any atom is 0.253 e. The fourth-order valence-corrected chi connectivity index (χ4v) is 2.41. The number of benzene rings is 1. The molecule has 1 amide bonds. The number of nitrogens with two attached hydrogens (primary N) is 1. The second-order valence-corrected chi connectivity index (χ2v) is 5.81. The number of aliphatic imine (C=N–C) groups is 1. The average molecular weight is 302 g/mol. The van der Waals surface area contributed by atoms with Crippen molar-refractivity contribution in [2.75, 3.05) is 11.9 Å². The van der Waals surface area contributed by atoms with Crippen LogP contribution in [0.25, 0.3) is 0 Å². The van der Waals surface area contributed by atoms with Crippen molar-refractivity contribution in [1.29, 1.82) is 0 Å². The molecule has 0 aromatic heterocycles. The number of nitrogens with one attached hydrogen (secondary N) is 2. The maximum absolute atomic E-state index is 12.0. The van der Waals surface area contributed by atoms with E-state index in [0.717, 1.165) is 24.1 Å². The molecule has 1 aliphatic heterocycles. The van der Waals surface area contributed by atoms with Gasteiger partial charge in [0.05, 0.1) is 6.54 Å². The molecule has 1 saturated carbocycles. The highest BCUT2D eigenvalue weighted by Gasteiger charge is 2.23. The molecule has 2 fully saturated rings. The first-order valence-electron chi connectivity index (χ1n) is 7.78. The summed E-state index contributed by atoms with van der Waals surface area (Å²) in [6.07, 6.45) is 3.75. The van der Waals surface area contributed by atoms with Crippen LogP contribution >= 0.6 is 0 Å². The third-order valence-electron chi connectivity index (χ3n) is 3.78. The molecule has 1 aromatic rings. The Bertz CT molecular complexity index is 563. The molecule has 1 unspecified atom stereocenters. The number of rotatable bonds is 5. The Kier molecular flexibility index (Phi) is 4.58. The van der Waals surface area contributed by atoms with Gasteiger partial charge in [0.25, 0.3) is 5.91 Å². The molecule has 6 nitrogen and oxygen atoms in total. The molecule has 1 atom stereocenters. The molecule has 1 saturated heterocycles. The van der Waals surface area contributed by atoms with Crippen LogP contribution < -0.4 is 16.4 Å². The number of hydrogen-bond acceptors (Lipinski definition) is 3. The molecule has 22 heavy (non-hydrogen) atoms. The lowest BCUT2D eigenvalue weighted by Crippen LogP contribution is -2.33. The fraction of sp³-hybridized carbons (Fsp3) is 0.500. The number of amides is 1. The van der Waals surface area contributed by atoms with E-state index in [1.54, 1.807) is 0 Å². The molecular weight excluding hydrogens is 280 g/mol. The van der Waals surface area contributed by atoms with E-state index in [9.17, 15) is 4.79 Å². The minimum Gasteiger partial charge on any atom is -0.370 e. The molecule has 0 spiro atoms. The lowest BCUT2D eigenvalue weighted by molar-refractivity contribution is -0.124. The van der Waals surface area contributed by atoms with Crippen LogP contribution in [-0.2, 0) is 16.1 Å². The summed E-state index contributed by atoms with van der Waals surface area (Å²) >= 11 is 0. The Morgan fingerprint density at radius 2 is 2.23 bits per heavy atom. The first-order chi connectivity index (χ1) is 10.7. The predicted octanol–water partition coefficient (Wildman–Crippen LogP) is 1.37. The third-order valence-corrected chi connectivity index (χ3v) is 3.78. The van der Waals surface area contributed by atoms with Crippen molar-refractivity contribution >= 4 is 17.6 Å². The number of nitrogens with zero attached hydrogens (tertiary/aromatic N) is 1. The molecule has 6 heteroatoms. The zero-order valence-electron chi connectivity index (χ0n) is 12.5. The molecule has 3 rings (SSSR count). The number of anilines is 1. The van der Waals surface area contributed by atoms with Gasteiger partial charge in [0, 0.05) is 18.3 Å². The van der Waals surface area contributed by atoms with Crippen LogP contribution in [0.15, 0.2) is 29.3 Å². The van der Waals surface area contributed by atoms with Gasteiger partial charge in [0.2, 0.25) is 0 Å². The fourth-order valence-electron chi connectivity index (χ4n) is 2.41. The van der Waals surface area contributed by atoms with Crippen LogP contribution in [-0.4, -0.2) is 30.6 Å². The van der Waals surface area contributed by atoms with E-state index in [1.807, 2.05) is 24.3 Å². The van der Waals surface area contributed by atoms with Gasteiger partial charge in [-0.2, -0.15) is 0 Å². The van der Waals surface area contributed by atoms with Crippen LogP contribution in [0.1, 0.15) is 31.2 Å². The number of hydrogen-bond donors (Lipinski definition) is 3. The normalized spacial score (nSPS) is 21.6. The van der Waals surface area contributed by atoms with Gasteiger partial charge in [0.15, 0.2) is 5.96 Å². The summed E-state index contributed by atoms with van der Waals surface area (Å²) in [5, 5.41) is 6.04. The SMILES string of the molecule is NC(=NCc1cccc(NC(=O)C2CCCO2)c1)NC1CC1. The Morgan fingerprint density at radius 3 is 2.95 bits per heavy atom. The molecular formula is C16H22N4O2. The molecule has 4 N–H and O–H groups in total. The van der Waals surface area contributed by atoms with Gasteiger partial charge < -0.3 is 21.1 Å². The predicted molar refractivity (Wildman–Crippen MR) is 85.5 cm³/mol. The summed E-state index contributed by atoms with van der Waals surface area (Å²) in [6, 6.07) is 8.16. The summed E-state index contributed by atoms with van der Waals surface area (Å²) in [5.41, 5.74) is 7.59. The van der Waals surface area contributed by atoms with Gasteiger partial charge in [-0.15, -0.1) is 0 Å². The lowest BCUT2D eigenvalue weighted by Gasteiger charge is -2.11. The van der Waals surface area contributed by atoms with E-state index in [2.05, 4.69) is 15.6 Å². The average Bonchev–Trinajstić information content (AvgIpc) is 3.15. The minimum atomic E-state index is -0.319. The second-order valence-electron chi connectivity index (χ2n) is 5.81. The molecule has 1 heterocycles. The Morgan fingerprint density at radius 1 is 1.36 bits per heavy atom. The monoisotopic (exact) mass is 302 g/mol. The van der Waals surface area contributed by atoms with Gasteiger partial charge in [-0.3, -0.25) is 4.79 Å². The van der Waals surface area contributed by atoms with E-state index in [4.69, 9.17) is 10.5 Å². The molecule has 0 bridgehead atoms. The Labute approximate surface area is 130 Å². The molecule has 0 radical (unpaired) electrons. The number of ether oxygens (including phenoxy) is 1. The Hall–Kier alpha value is -2.08. The highest BCUT2D eigenvalue weighted by atomic mass is 16.5. The quantitative estimate of drug-likeness (QED) is 0.566. The van der Waals surface area contributed by atoms with Crippen molar-refractivity contribution < 1.29 is 9.53 Å². The smallest absolute Gasteiger partial charge is 0.253 e. The van der Waals surface area contributed by atoms with Crippen LogP contribution in [0.3, 0.4) is 0 Å². The number of carbonyl (C=O) groups is 1. The van der Waals surface area contributed by atoms with Gasteiger partial charge in [-0.05, 0) is 43.4 Å². The summed E-state index contributed by atoms with van der Waals surface area (Å²) in [5.74, 6) is 0.407. The van der Waals surface area contributed by atoms with Gasteiger partial charge in [-0.1, -0.05) is 12.1 Å². The second kappa shape index (κ2) is 6.79. The largest absolute Gasteiger partial charge is 0.370 e. The van der Waals surface area contributed by atoms with E-state index in [-0.39, 0.29) is 12.0 Å².